The number of esters is 1. The lowest BCUT2D eigenvalue weighted by Crippen LogP contribution is -2.21. The second-order valence-corrected chi connectivity index (χ2v) is 5.86. The summed E-state index contributed by atoms with van der Waals surface area (Å²) in [5.41, 5.74) is 2.76. The maximum absolute atomic E-state index is 12.0. The highest BCUT2D eigenvalue weighted by Gasteiger charge is 2.16. The highest BCUT2D eigenvalue weighted by molar-refractivity contribution is 9.10. The number of carbonyl (C=O) groups is 1. The van der Waals surface area contributed by atoms with E-state index in [2.05, 4.69) is 34.2 Å². The molecule has 2 aromatic rings. The summed E-state index contributed by atoms with van der Waals surface area (Å²) in [6.07, 6.45) is 0. The van der Waals surface area contributed by atoms with E-state index in [0.29, 0.717) is 12.2 Å². The van der Waals surface area contributed by atoms with Crippen molar-refractivity contribution in [3.05, 3.63) is 69.7 Å². The molecular formula is C18H20BrNO2. The molecule has 0 aromatic heterocycles. The van der Waals surface area contributed by atoms with Crippen LogP contribution in [0.4, 0.5) is 0 Å². The zero-order chi connectivity index (χ0) is 15.9. The first kappa shape index (κ1) is 16.7. The Morgan fingerprint density at radius 2 is 1.86 bits per heavy atom. The number of benzene rings is 2. The van der Waals surface area contributed by atoms with Crippen molar-refractivity contribution >= 4 is 21.9 Å². The lowest BCUT2D eigenvalue weighted by molar-refractivity contribution is 0.0524. The number of carbonyl (C=O) groups excluding carboxylic acids is 1. The molecule has 1 atom stereocenters. The molecule has 0 aliphatic heterocycles. The SMILES string of the molecule is CCOC(=O)c1ccccc1[C@H](C)NCc1ccccc1Br. The van der Waals surface area contributed by atoms with Crippen LogP contribution in [0.3, 0.4) is 0 Å². The quantitative estimate of drug-likeness (QED) is 0.771. The highest BCUT2D eigenvalue weighted by atomic mass is 79.9. The Bertz CT molecular complexity index is 642. The lowest BCUT2D eigenvalue weighted by Gasteiger charge is -2.18. The van der Waals surface area contributed by atoms with E-state index in [9.17, 15) is 4.79 Å². The maximum Gasteiger partial charge on any atom is 0.338 e. The summed E-state index contributed by atoms with van der Waals surface area (Å²) < 4.78 is 6.20. The van der Waals surface area contributed by atoms with E-state index in [1.165, 1.54) is 5.56 Å². The van der Waals surface area contributed by atoms with E-state index in [1.54, 1.807) is 0 Å². The average Bonchev–Trinajstić information content (AvgIpc) is 2.54. The number of hydrogen-bond acceptors (Lipinski definition) is 3. The fourth-order valence-corrected chi connectivity index (χ4v) is 2.71. The van der Waals surface area contributed by atoms with Gasteiger partial charge in [0.05, 0.1) is 12.2 Å². The van der Waals surface area contributed by atoms with E-state index in [-0.39, 0.29) is 12.0 Å². The molecule has 4 heteroatoms. The van der Waals surface area contributed by atoms with Crippen LogP contribution in [-0.4, -0.2) is 12.6 Å². The van der Waals surface area contributed by atoms with Crippen molar-refractivity contribution in [2.75, 3.05) is 6.61 Å². The first-order chi connectivity index (χ1) is 10.6. The van der Waals surface area contributed by atoms with Crippen molar-refractivity contribution in [2.45, 2.75) is 26.4 Å². The molecule has 0 fully saturated rings. The summed E-state index contributed by atoms with van der Waals surface area (Å²) in [6.45, 7) is 4.97. The molecule has 0 heterocycles. The second-order valence-electron chi connectivity index (χ2n) is 5.00. The Balaban J connectivity index is 2.11. The largest absolute Gasteiger partial charge is 0.462 e. The molecule has 0 radical (unpaired) electrons. The van der Waals surface area contributed by atoms with Gasteiger partial charge in [0, 0.05) is 17.1 Å². The van der Waals surface area contributed by atoms with Crippen LogP contribution >= 0.6 is 15.9 Å². The Morgan fingerprint density at radius 1 is 1.18 bits per heavy atom. The van der Waals surface area contributed by atoms with Crippen molar-refractivity contribution in [3.8, 4) is 0 Å². The van der Waals surface area contributed by atoms with Gasteiger partial charge in [0.15, 0.2) is 0 Å². The van der Waals surface area contributed by atoms with Crippen LogP contribution in [0, 0.1) is 0 Å². The van der Waals surface area contributed by atoms with Gasteiger partial charge in [0.25, 0.3) is 0 Å². The fraction of sp³-hybridized carbons (Fsp3) is 0.278. The molecule has 0 saturated carbocycles. The minimum atomic E-state index is -0.271. The smallest absolute Gasteiger partial charge is 0.338 e. The van der Waals surface area contributed by atoms with Crippen LogP contribution in [0.5, 0.6) is 0 Å². The lowest BCUT2D eigenvalue weighted by atomic mass is 10.0. The van der Waals surface area contributed by atoms with Crippen LogP contribution in [0.15, 0.2) is 53.0 Å². The van der Waals surface area contributed by atoms with Gasteiger partial charge in [-0.15, -0.1) is 0 Å². The molecule has 2 aromatic carbocycles. The second kappa shape index (κ2) is 8.11. The van der Waals surface area contributed by atoms with Crippen molar-refractivity contribution in [1.82, 2.24) is 5.32 Å². The van der Waals surface area contributed by atoms with E-state index in [1.807, 2.05) is 49.4 Å². The summed E-state index contributed by atoms with van der Waals surface area (Å²) in [5, 5.41) is 3.46. The number of hydrogen-bond donors (Lipinski definition) is 1. The third-order valence-corrected chi connectivity index (χ3v) is 4.25. The van der Waals surface area contributed by atoms with Gasteiger partial charge < -0.3 is 10.1 Å². The molecule has 0 saturated heterocycles. The van der Waals surface area contributed by atoms with Crippen LogP contribution in [0.2, 0.25) is 0 Å². The first-order valence-electron chi connectivity index (χ1n) is 7.36. The van der Waals surface area contributed by atoms with E-state index < -0.39 is 0 Å². The highest BCUT2D eigenvalue weighted by Crippen LogP contribution is 2.21. The van der Waals surface area contributed by atoms with Gasteiger partial charge in [-0.05, 0) is 37.1 Å². The van der Waals surface area contributed by atoms with Gasteiger partial charge >= 0.3 is 5.97 Å². The zero-order valence-electron chi connectivity index (χ0n) is 12.8. The van der Waals surface area contributed by atoms with Crippen molar-refractivity contribution < 1.29 is 9.53 Å². The summed E-state index contributed by atoms with van der Waals surface area (Å²) >= 11 is 3.55. The summed E-state index contributed by atoms with van der Waals surface area (Å²) in [5.74, 6) is -0.271. The zero-order valence-corrected chi connectivity index (χ0v) is 14.4. The van der Waals surface area contributed by atoms with Gasteiger partial charge in [-0.3, -0.25) is 0 Å². The molecule has 2 rings (SSSR count). The maximum atomic E-state index is 12.0. The Labute approximate surface area is 139 Å². The van der Waals surface area contributed by atoms with Crippen LogP contribution < -0.4 is 5.32 Å². The van der Waals surface area contributed by atoms with Gasteiger partial charge in [0.2, 0.25) is 0 Å². The molecule has 0 bridgehead atoms. The van der Waals surface area contributed by atoms with E-state index >= 15 is 0 Å². The predicted octanol–water partition coefficient (Wildman–Crippen LogP) is 4.48. The normalized spacial score (nSPS) is 12.0. The molecule has 0 spiro atoms. The summed E-state index contributed by atoms with van der Waals surface area (Å²) in [7, 11) is 0. The standard InChI is InChI=1S/C18H20BrNO2/c1-3-22-18(21)16-10-6-5-9-15(16)13(2)20-12-14-8-4-7-11-17(14)19/h4-11,13,20H,3,12H2,1-2H3/t13-/m0/s1. The number of nitrogens with one attached hydrogen (secondary N) is 1. The van der Waals surface area contributed by atoms with Crippen molar-refractivity contribution in [3.63, 3.8) is 0 Å². The van der Waals surface area contributed by atoms with Crippen LogP contribution in [0.25, 0.3) is 0 Å². The van der Waals surface area contributed by atoms with Gasteiger partial charge in [-0.2, -0.15) is 0 Å². The van der Waals surface area contributed by atoms with Gasteiger partial charge in [0.1, 0.15) is 0 Å². The van der Waals surface area contributed by atoms with E-state index in [0.717, 1.165) is 16.6 Å². The third kappa shape index (κ3) is 4.18. The minimum absolute atomic E-state index is 0.0488. The minimum Gasteiger partial charge on any atom is -0.462 e. The first-order valence-corrected chi connectivity index (χ1v) is 8.15. The van der Waals surface area contributed by atoms with Crippen LogP contribution in [-0.2, 0) is 11.3 Å². The summed E-state index contributed by atoms with van der Waals surface area (Å²) in [4.78, 5) is 12.0. The molecule has 0 aliphatic rings. The number of ether oxygens (including phenoxy) is 1. The Hall–Kier alpha value is -1.65. The van der Waals surface area contributed by atoms with Gasteiger partial charge in [-0.25, -0.2) is 4.79 Å². The molecule has 1 N–H and O–H groups in total. The molecule has 116 valence electrons. The molecular weight excluding hydrogens is 342 g/mol. The molecule has 22 heavy (non-hydrogen) atoms. The molecule has 0 aliphatic carbocycles. The Kier molecular flexibility index (Phi) is 6.16. The van der Waals surface area contributed by atoms with Crippen molar-refractivity contribution in [2.24, 2.45) is 0 Å². The Morgan fingerprint density at radius 3 is 2.59 bits per heavy atom. The summed E-state index contributed by atoms with van der Waals surface area (Å²) in [6, 6.07) is 15.7. The van der Waals surface area contributed by atoms with E-state index in [4.69, 9.17) is 4.74 Å². The number of halogens is 1. The molecule has 3 nitrogen and oxygen atoms in total. The van der Waals surface area contributed by atoms with Crippen LogP contribution in [0.1, 0.15) is 41.4 Å². The molecule has 0 amide bonds. The monoisotopic (exact) mass is 361 g/mol. The van der Waals surface area contributed by atoms with Crippen molar-refractivity contribution in [1.29, 1.82) is 0 Å². The fourth-order valence-electron chi connectivity index (χ4n) is 2.28. The average molecular weight is 362 g/mol. The topological polar surface area (TPSA) is 38.3 Å². The number of rotatable bonds is 6. The van der Waals surface area contributed by atoms with Gasteiger partial charge in [-0.1, -0.05) is 52.3 Å². The molecule has 0 unspecified atom stereocenters. The predicted molar refractivity (Wildman–Crippen MR) is 91.8 cm³/mol. The third-order valence-electron chi connectivity index (χ3n) is 3.48.